The Hall–Kier alpha value is -0.240. The number of aliphatic hydroxyl groups is 1. The van der Waals surface area contributed by atoms with E-state index in [-0.39, 0.29) is 6.10 Å². The zero-order chi connectivity index (χ0) is 12.1. The van der Waals surface area contributed by atoms with Crippen LogP contribution in [-0.4, -0.2) is 70.9 Å². The van der Waals surface area contributed by atoms with E-state index in [1.54, 1.807) is 7.11 Å². The molecule has 0 aliphatic carbocycles. The summed E-state index contributed by atoms with van der Waals surface area (Å²) in [7, 11) is 6.07. The second-order valence-corrected chi connectivity index (χ2v) is 3.63. The molecule has 0 aromatic rings. The maximum Gasteiger partial charge on any atom is 0.186 e. The summed E-state index contributed by atoms with van der Waals surface area (Å²) in [6, 6.07) is 0. The van der Waals surface area contributed by atoms with Crippen molar-refractivity contribution >= 4 is 0 Å². The Balaban J connectivity index is 2.75. The first-order valence-electron chi connectivity index (χ1n) is 5.10. The minimum Gasteiger partial charge on any atom is -0.387 e. The van der Waals surface area contributed by atoms with E-state index in [9.17, 15) is 5.11 Å². The smallest absolute Gasteiger partial charge is 0.186 e. The molecule has 1 aliphatic rings. The van der Waals surface area contributed by atoms with Gasteiger partial charge in [0.25, 0.3) is 0 Å². The molecule has 1 saturated heterocycles. The van der Waals surface area contributed by atoms with Gasteiger partial charge in [0.1, 0.15) is 24.4 Å². The van der Waals surface area contributed by atoms with E-state index in [1.165, 1.54) is 21.3 Å². The number of ether oxygens (including phenoxy) is 5. The molecule has 5 atom stereocenters. The molecule has 0 radical (unpaired) electrons. The first-order valence-corrected chi connectivity index (χ1v) is 5.10. The van der Waals surface area contributed by atoms with Crippen LogP contribution in [0.4, 0.5) is 0 Å². The van der Waals surface area contributed by atoms with Crippen LogP contribution in [0.25, 0.3) is 0 Å². The highest BCUT2D eigenvalue weighted by Crippen LogP contribution is 2.25. The first-order chi connectivity index (χ1) is 7.69. The van der Waals surface area contributed by atoms with E-state index < -0.39 is 24.6 Å². The van der Waals surface area contributed by atoms with E-state index in [0.717, 1.165) is 0 Å². The van der Waals surface area contributed by atoms with Gasteiger partial charge >= 0.3 is 0 Å². The van der Waals surface area contributed by atoms with Crippen molar-refractivity contribution in [1.29, 1.82) is 0 Å². The molecule has 1 aliphatic heterocycles. The van der Waals surface area contributed by atoms with E-state index in [4.69, 9.17) is 23.7 Å². The lowest BCUT2D eigenvalue weighted by molar-refractivity contribution is -0.303. The van der Waals surface area contributed by atoms with Crippen molar-refractivity contribution in [2.45, 2.75) is 30.7 Å². The van der Waals surface area contributed by atoms with E-state index in [2.05, 4.69) is 0 Å². The lowest BCUT2D eigenvalue weighted by atomic mass is 9.99. The molecule has 96 valence electrons. The summed E-state index contributed by atoms with van der Waals surface area (Å²) in [6.45, 7) is 0.325. The number of methoxy groups -OCH3 is 4. The average Bonchev–Trinajstić information content (AvgIpc) is 2.29. The SMILES string of the molecule is COC[C@H]1O[C@H](OC)[C@@H](OC)[C@@H](O)[C@@H]1OC. The van der Waals surface area contributed by atoms with Crippen LogP contribution >= 0.6 is 0 Å². The van der Waals surface area contributed by atoms with Crippen LogP contribution in [0, 0.1) is 0 Å². The van der Waals surface area contributed by atoms with Gasteiger partial charge in [0.05, 0.1) is 6.61 Å². The van der Waals surface area contributed by atoms with E-state index >= 15 is 0 Å². The molecule has 0 amide bonds. The predicted molar refractivity (Wildman–Crippen MR) is 55.1 cm³/mol. The van der Waals surface area contributed by atoms with E-state index in [1.807, 2.05) is 0 Å². The van der Waals surface area contributed by atoms with Crippen LogP contribution in [0.3, 0.4) is 0 Å². The fraction of sp³-hybridized carbons (Fsp3) is 1.00. The quantitative estimate of drug-likeness (QED) is 0.687. The van der Waals surface area contributed by atoms with Gasteiger partial charge in [-0.2, -0.15) is 0 Å². The van der Waals surface area contributed by atoms with Crippen molar-refractivity contribution in [3.8, 4) is 0 Å². The molecule has 1 N–H and O–H groups in total. The van der Waals surface area contributed by atoms with Gasteiger partial charge in [-0.1, -0.05) is 0 Å². The molecule has 0 aromatic heterocycles. The highest BCUT2D eigenvalue weighted by Gasteiger charge is 2.46. The Bertz CT molecular complexity index is 198. The minimum atomic E-state index is -0.811. The van der Waals surface area contributed by atoms with Gasteiger partial charge in [-0.05, 0) is 0 Å². The maximum atomic E-state index is 10.1. The Morgan fingerprint density at radius 3 is 2.06 bits per heavy atom. The zero-order valence-electron chi connectivity index (χ0n) is 10.1. The van der Waals surface area contributed by atoms with Gasteiger partial charge in [-0.25, -0.2) is 0 Å². The van der Waals surface area contributed by atoms with Crippen molar-refractivity contribution in [3.05, 3.63) is 0 Å². The molecule has 0 saturated carbocycles. The highest BCUT2D eigenvalue weighted by atomic mass is 16.7. The molecule has 1 heterocycles. The third-order valence-corrected chi connectivity index (χ3v) is 2.72. The summed E-state index contributed by atoms with van der Waals surface area (Å²) in [6.07, 6.45) is -2.86. The van der Waals surface area contributed by atoms with Crippen LogP contribution < -0.4 is 0 Å². The van der Waals surface area contributed by atoms with E-state index in [0.29, 0.717) is 6.61 Å². The van der Waals surface area contributed by atoms with Crippen LogP contribution in [-0.2, 0) is 23.7 Å². The van der Waals surface area contributed by atoms with Crippen molar-refractivity contribution in [3.63, 3.8) is 0 Å². The topological polar surface area (TPSA) is 66.4 Å². The lowest BCUT2D eigenvalue weighted by Gasteiger charge is -2.42. The molecular formula is C10H20O6. The fourth-order valence-corrected chi connectivity index (χ4v) is 1.92. The molecular weight excluding hydrogens is 216 g/mol. The summed E-state index contributed by atoms with van der Waals surface area (Å²) >= 11 is 0. The molecule has 16 heavy (non-hydrogen) atoms. The summed E-state index contributed by atoms with van der Waals surface area (Å²) in [5.74, 6) is 0. The predicted octanol–water partition coefficient (Wildman–Crippen LogP) is -0.605. The zero-order valence-corrected chi connectivity index (χ0v) is 10.1. The van der Waals surface area contributed by atoms with Crippen LogP contribution in [0.5, 0.6) is 0 Å². The van der Waals surface area contributed by atoms with Crippen molar-refractivity contribution < 1.29 is 28.8 Å². The summed E-state index contributed by atoms with van der Waals surface area (Å²) in [5.41, 5.74) is 0. The monoisotopic (exact) mass is 236 g/mol. The van der Waals surface area contributed by atoms with Crippen LogP contribution in [0.1, 0.15) is 0 Å². The number of hydrogen-bond acceptors (Lipinski definition) is 6. The molecule has 1 fully saturated rings. The molecule has 6 nitrogen and oxygen atoms in total. The fourth-order valence-electron chi connectivity index (χ4n) is 1.92. The van der Waals surface area contributed by atoms with Gasteiger partial charge in [0, 0.05) is 28.4 Å². The minimum absolute atomic E-state index is 0.325. The number of rotatable bonds is 5. The average molecular weight is 236 g/mol. The Labute approximate surface area is 95.4 Å². The van der Waals surface area contributed by atoms with Crippen LogP contribution in [0.2, 0.25) is 0 Å². The maximum absolute atomic E-state index is 10.1. The van der Waals surface area contributed by atoms with Crippen LogP contribution in [0.15, 0.2) is 0 Å². The normalized spacial score (nSPS) is 39.9. The summed E-state index contributed by atoms with van der Waals surface area (Å²) in [4.78, 5) is 0. The second-order valence-electron chi connectivity index (χ2n) is 3.63. The number of hydrogen-bond donors (Lipinski definition) is 1. The highest BCUT2D eigenvalue weighted by molar-refractivity contribution is 4.90. The third-order valence-electron chi connectivity index (χ3n) is 2.72. The molecule has 6 heteroatoms. The second kappa shape index (κ2) is 6.48. The standard InChI is InChI=1S/C10H20O6/c1-12-5-6-8(13-2)7(11)9(14-3)10(15-4)16-6/h6-11H,5H2,1-4H3/t6-,7+,8-,9+,10+/m1/s1. The molecule has 1 rings (SSSR count). The summed E-state index contributed by atoms with van der Waals surface area (Å²) < 4.78 is 26.1. The summed E-state index contributed by atoms with van der Waals surface area (Å²) in [5, 5.41) is 10.1. The van der Waals surface area contributed by atoms with Gasteiger partial charge < -0.3 is 28.8 Å². The lowest BCUT2D eigenvalue weighted by Crippen LogP contribution is -2.60. The van der Waals surface area contributed by atoms with Gasteiger partial charge in [-0.3, -0.25) is 0 Å². The Kier molecular flexibility index (Phi) is 5.60. The molecule has 0 spiro atoms. The Morgan fingerprint density at radius 2 is 1.62 bits per heavy atom. The molecule has 0 unspecified atom stereocenters. The van der Waals surface area contributed by atoms with Gasteiger partial charge in [0.2, 0.25) is 0 Å². The molecule has 0 aromatic carbocycles. The van der Waals surface area contributed by atoms with Crippen molar-refractivity contribution in [2.24, 2.45) is 0 Å². The van der Waals surface area contributed by atoms with Crippen molar-refractivity contribution in [1.82, 2.24) is 0 Å². The largest absolute Gasteiger partial charge is 0.387 e. The number of aliphatic hydroxyl groups excluding tert-OH is 1. The van der Waals surface area contributed by atoms with Crippen molar-refractivity contribution in [2.75, 3.05) is 35.0 Å². The van der Waals surface area contributed by atoms with Gasteiger partial charge in [-0.15, -0.1) is 0 Å². The van der Waals surface area contributed by atoms with Gasteiger partial charge in [0.15, 0.2) is 6.29 Å². The molecule has 0 bridgehead atoms. The third kappa shape index (κ3) is 2.71. The Morgan fingerprint density at radius 1 is 1.00 bits per heavy atom. The first kappa shape index (κ1) is 13.8.